The predicted octanol–water partition coefficient (Wildman–Crippen LogP) is 2.68. The molecule has 2 rings (SSSR count). The zero-order valence-corrected chi connectivity index (χ0v) is 12.6. The first-order chi connectivity index (χ1) is 9.67. The van der Waals surface area contributed by atoms with E-state index in [0.29, 0.717) is 19.2 Å². The van der Waals surface area contributed by atoms with Crippen LogP contribution in [-0.2, 0) is 4.74 Å². The molecule has 0 saturated heterocycles. The zero-order chi connectivity index (χ0) is 14.5. The van der Waals surface area contributed by atoms with Gasteiger partial charge in [0.2, 0.25) is 0 Å². The molecule has 0 aromatic heterocycles. The van der Waals surface area contributed by atoms with Gasteiger partial charge in [-0.3, -0.25) is 4.79 Å². The van der Waals surface area contributed by atoms with Crippen LogP contribution in [0.25, 0.3) is 0 Å². The van der Waals surface area contributed by atoms with Crippen molar-refractivity contribution in [3.8, 4) is 0 Å². The van der Waals surface area contributed by atoms with Crippen molar-refractivity contribution in [2.45, 2.75) is 32.7 Å². The highest BCUT2D eigenvalue weighted by molar-refractivity contribution is 6.00. The summed E-state index contributed by atoms with van der Waals surface area (Å²) < 4.78 is 5.13. The highest BCUT2D eigenvalue weighted by atomic mass is 16.5. The van der Waals surface area contributed by atoms with Gasteiger partial charge in [0.05, 0.1) is 12.2 Å². The molecule has 0 unspecified atom stereocenters. The summed E-state index contributed by atoms with van der Waals surface area (Å²) in [7, 11) is 1.67. The van der Waals surface area contributed by atoms with Crippen LogP contribution in [-0.4, -0.2) is 43.7 Å². The van der Waals surface area contributed by atoms with E-state index in [1.54, 1.807) is 7.11 Å². The third-order valence-electron chi connectivity index (χ3n) is 3.56. The quantitative estimate of drug-likeness (QED) is 0.832. The number of nitrogens with one attached hydrogen (secondary N) is 1. The Balaban J connectivity index is 2.23. The maximum Gasteiger partial charge on any atom is 0.256 e. The first-order valence-corrected chi connectivity index (χ1v) is 7.31. The Hall–Kier alpha value is -1.55. The van der Waals surface area contributed by atoms with Gasteiger partial charge < -0.3 is 15.0 Å². The largest absolute Gasteiger partial charge is 0.385 e. The summed E-state index contributed by atoms with van der Waals surface area (Å²) in [5.74, 6) is 0.115. The Labute approximate surface area is 121 Å². The van der Waals surface area contributed by atoms with Crippen molar-refractivity contribution in [1.82, 2.24) is 4.90 Å². The molecule has 0 radical (unpaired) electrons. The lowest BCUT2D eigenvalue weighted by Gasteiger charge is -2.23. The number of hydrogen-bond donors (Lipinski definition) is 1. The number of methoxy groups -OCH3 is 1. The van der Waals surface area contributed by atoms with E-state index < -0.39 is 0 Å². The molecule has 1 aliphatic rings. The molecule has 1 aromatic rings. The van der Waals surface area contributed by atoms with E-state index in [9.17, 15) is 4.79 Å². The second-order valence-corrected chi connectivity index (χ2v) is 5.30. The summed E-state index contributed by atoms with van der Waals surface area (Å²) in [4.78, 5) is 14.8. The SMILES string of the molecule is CCNc1ccc(C)cc1C(=O)N(CCOC)C1CC1. The molecular formula is C16H24N2O2. The van der Waals surface area contributed by atoms with Crippen LogP contribution in [0, 0.1) is 6.92 Å². The Bertz CT molecular complexity index is 470. The fourth-order valence-corrected chi connectivity index (χ4v) is 2.36. The van der Waals surface area contributed by atoms with E-state index in [1.807, 2.05) is 36.9 Å². The number of ether oxygens (including phenoxy) is 1. The van der Waals surface area contributed by atoms with Crippen LogP contribution in [0.3, 0.4) is 0 Å². The van der Waals surface area contributed by atoms with Gasteiger partial charge in [0.15, 0.2) is 0 Å². The number of carbonyl (C=O) groups is 1. The third kappa shape index (κ3) is 3.51. The van der Waals surface area contributed by atoms with Crippen molar-refractivity contribution in [2.75, 3.05) is 32.1 Å². The van der Waals surface area contributed by atoms with Gasteiger partial charge >= 0.3 is 0 Å². The Morgan fingerprint density at radius 1 is 1.45 bits per heavy atom. The highest BCUT2D eigenvalue weighted by Gasteiger charge is 2.33. The molecule has 1 aromatic carbocycles. The van der Waals surface area contributed by atoms with Crippen molar-refractivity contribution in [1.29, 1.82) is 0 Å². The lowest BCUT2D eigenvalue weighted by atomic mass is 10.1. The lowest BCUT2D eigenvalue weighted by Crippen LogP contribution is -2.36. The summed E-state index contributed by atoms with van der Waals surface area (Å²) >= 11 is 0. The number of rotatable bonds is 7. The van der Waals surface area contributed by atoms with E-state index in [0.717, 1.165) is 36.2 Å². The van der Waals surface area contributed by atoms with Gasteiger partial charge in [0.25, 0.3) is 5.91 Å². The Morgan fingerprint density at radius 2 is 2.20 bits per heavy atom. The number of nitrogens with zero attached hydrogens (tertiary/aromatic N) is 1. The van der Waals surface area contributed by atoms with Crippen LogP contribution in [0.1, 0.15) is 35.7 Å². The van der Waals surface area contributed by atoms with Gasteiger partial charge in [-0.05, 0) is 38.8 Å². The van der Waals surface area contributed by atoms with E-state index in [2.05, 4.69) is 5.32 Å². The average Bonchev–Trinajstić information content (AvgIpc) is 3.26. The van der Waals surface area contributed by atoms with Crippen LogP contribution in [0.5, 0.6) is 0 Å². The van der Waals surface area contributed by atoms with Crippen molar-refractivity contribution in [3.63, 3.8) is 0 Å². The van der Waals surface area contributed by atoms with Gasteiger partial charge in [-0.2, -0.15) is 0 Å². The summed E-state index contributed by atoms with van der Waals surface area (Å²) in [5, 5.41) is 3.28. The molecule has 1 amide bonds. The van der Waals surface area contributed by atoms with E-state index >= 15 is 0 Å². The molecule has 1 N–H and O–H groups in total. The van der Waals surface area contributed by atoms with Gasteiger partial charge in [-0.25, -0.2) is 0 Å². The second-order valence-electron chi connectivity index (χ2n) is 5.30. The monoisotopic (exact) mass is 276 g/mol. The molecule has 0 atom stereocenters. The Morgan fingerprint density at radius 3 is 2.80 bits per heavy atom. The molecule has 4 heteroatoms. The minimum absolute atomic E-state index is 0.115. The summed E-state index contributed by atoms with van der Waals surface area (Å²) in [6.45, 7) is 6.12. The molecular weight excluding hydrogens is 252 g/mol. The molecule has 4 nitrogen and oxygen atoms in total. The summed E-state index contributed by atoms with van der Waals surface area (Å²) in [6.07, 6.45) is 2.22. The zero-order valence-electron chi connectivity index (χ0n) is 12.6. The van der Waals surface area contributed by atoms with E-state index in [1.165, 1.54) is 0 Å². The number of anilines is 1. The maximum atomic E-state index is 12.8. The molecule has 0 heterocycles. The van der Waals surface area contributed by atoms with Crippen molar-refractivity contribution in [2.24, 2.45) is 0 Å². The summed E-state index contributed by atoms with van der Waals surface area (Å²) in [5.41, 5.74) is 2.80. The maximum absolute atomic E-state index is 12.8. The predicted molar refractivity (Wildman–Crippen MR) is 81.3 cm³/mol. The van der Waals surface area contributed by atoms with Gasteiger partial charge in [0.1, 0.15) is 0 Å². The summed E-state index contributed by atoms with van der Waals surface area (Å²) in [6, 6.07) is 6.40. The van der Waals surface area contributed by atoms with E-state index in [-0.39, 0.29) is 5.91 Å². The molecule has 110 valence electrons. The van der Waals surface area contributed by atoms with Crippen molar-refractivity contribution >= 4 is 11.6 Å². The van der Waals surface area contributed by atoms with Crippen LogP contribution >= 0.6 is 0 Å². The molecule has 1 saturated carbocycles. The van der Waals surface area contributed by atoms with Gasteiger partial charge in [-0.1, -0.05) is 11.6 Å². The third-order valence-corrected chi connectivity index (χ3v) is 3.56. The number of hydrogen-bond acceptors (Lipinski definition) is 3. The smallest absolute Gasteiger partial charge is 0.256 e. The minimum Gasteiger partial charge on any atom is -0.385 e. The topological polar surface area (TPSA) is 41.6 Å². The molecule has 1 aliphatic carbocycles. The van der Waals surface area contributed by atoms with Crippen LogP contribution in [0.2, 0.25) is 0 Å². The standard InChI is InChI=1S/C16H24N2O2/c1-4-17-15-8-5-12(2)11-14(15)16(19)18(9-10-20-3)13-6-7-13/h5,8,11,13,17H,4,6-7,9-10H2,1-3H3. The van der Waals surface area contributed by atoms with Crippen molar-refractivity contribution in [3.05, 3.63) is 29.3 Å². The lowest BCUT2D eigenvalue weighted by molar-refractivity contribution is 0.0681. The average molecular weight is 276 g/mol. The van der Waals surface area contributed by atoms with Gasteiger partial charge in [0, 0.05) is 31.9 Å². The molecule has 20 heavy (non-hydrogen) atoms. The number of benzene rings is 1. The molecule has 0 aliphatic heterocycles. The molecule has 0 bridgehead atoms. The number of carbonyl (C=O) groups excluding carboxylic acids is 1. The number of aryl methyl sites for hydroxylation is 1. The van der Waals surface area contributed by atoms with Crippen LogP contribution in [0.15, 0.2) is 18.2 Å². The Kier molecular flexibility index (Phi) is 5.01. The fraction of sp³-hybridized carbons (Fsp3) is 0.562. The van der Waals surface area contributed by atoms with Crippen LogP contribution in [0.4, 0.5) is 5.69 Å². The van der Waals surface area contributed by atoms with Gasteiger partial charge in [-0.15, -0.1) is 0 Å². The first-order valence-electron chi connectivity index (χ1n) is 7.31. The minimum atomic E-state index is 0.115. The number of amides is 1. The van der Waals surface area contributed by atoms with Crippen molar-refractivity contribution < 1.29 is 9.53 Å². The second kappa shape index (κ2) is 6.75. The first kappa shape index (κ1) is 14.9. The fourth-order valence-electron chi connectivity index (χ4n) is 2.36. The highest BCUT2D eigenvalue weighted by Crippen LogP contribution is 2.29. The van der Waals surface area contributed by atoms with E-state index in [4.69, 9.17) is 4.74 Å². The molecule has 0 spiro atoms. The normalized spacial score (nSPS) is 14.2. The molecule has 1 fully saturated rings. The van der Waals surface area contributed by atoms with Crippen LogP contribution < -0.4 is 5.32 Å².